The molecule has 0 N–H and O–H groups in total. The number of halogens is 1. The predicted molar refractivity (Wildman–Crippen MR) is 69.3 cm³/mol. The van der Waals surface area contributed by atoms with Gasteiger partial charge in [0.1, 0.15) is 5.75 Å². The van der Waals surface area contributed by atoms with E-state index in [1.165, 1.54) is 5.56 Å². The highest BCUT2D eigenvalue weighted by Gasteiger charge is 2.03. The van der Waals surface area contributed by atoms with E-state index in [2.05, 4.69) is 24.0 Å². The average molecular weight is 242 g/mol. The van der Waals surface area contributed by atoms with Crippen LogP contribution in [0.3, 0.4) is 0 Å². The predicted octanol–water partition coefficient (Wildman–Crippen LogP) is 3.15. The number of methoxy groups -OCH3 is 1. The summed E-state index contributed by atoms with van der Waals surface area (Å²) < 4.78 is 5.13. The lowest BCUT2D eigenvalue weighted by atomic mass is 10.2. The molecule has 1 aromatic carbocycles. The van der Waals surface area contributed by atoms with Crippen LogP contribution in [0.15, 0.2) is 24.3 Å². The second-order valence-electron chi connectivity index (χ2n) is 3.76. The molecule has 0 saturated carbocycles. The number of hydrogen-bond acceptors (Lipinski definition) is 2. The van der Waals surface area contributed by atoms with Crippen LogP contribution in [-0.2, 0) is 6.54 Å². The number of nitrogens with zero attached hydrogens (tertiary/aromatic N) is 1. The summed E-state index contributed by atoms with van der Waals surface area (Å²) in [7, 11) is 1.69. The Labute approximate surface area is 103 Å². The third kappa shape index (κ3) is 4.42. The van der Waals surface area contributed by atoms with Crippen LogP contribution in [0.5, 0.6) is 5.75 Å². The summed E-state index contributed by atoms with van der Waals surface area (Å²) in [6, 6.07) is 8.24. The summed E-state index contributed by atoms with van der Waals surface area (Å²) in [4.78, 5) is 2.39. The summed E-state index contributed by atoms with van der Waals surface area (Å²) in [6.07, 6.45) is 1.05. The molecule has 1 aromatic rings. The first-order chi connectivity index (χ1) is 7.80. The highest BCUT2D eigenvalue weighted by Crippen LogP contribution is 2.13. The zero-order chi connectivity index (χ0) is 11.8. The molecule has 0 saturated heterocycles. The summed E-state index contributed by atoms with van der Waals surface area (Å²) in [6.45, 7) is 5.28. The minimum Gasteiger partial charge on any atom is -0.497 e. The minimum absolute atomic E-state index is 0.735. The lowest BCUT2D eigenvalue weighted by Crippen LogP contribution is -2.24. The highest BCUT2D eigenvalue weighted by molar-refractivity contribution is 6.17. The van der Waals surface area contributed by atoms with Crippen LogP contribution in [0.2, 0.25) is 0 Å². The monoisotopic (exact) mass is 241 g/mol. The maximum atomic E-state index is 5.70. The van der Waals surface area contributed by atoms with Crippen molar-refractivity contribution in [3.8, 4) is 5.75 Å². The quantitative estimate of drug-likeness (QED) is 0.680. The Balaban J connectivity index is 2.49. The van der Waals surface area contributed by atoms with Crippen molar-refractivity contribution < 1.29 is 4.74 Å². The van der Waals surface area contributed by atoms with Gasteiger partial charge in [-0.3, -0.25) is 4.90 Å². The Hall–Kier alpha value is -0.730. The zero-order valence-corrected chi connectivity index (χ0v) is 10.8. The van der Waals surface area contributed by atoms with Gasteiger partial charge >= 0.3 is 0 Å². The van der Waals surface area contributed by atoms with Crippen LogP contribution in [0.1, 0.15) is 18.9 Å². The van der Waals surface area contributed by atoms with Crippen LogP contribution in [0.4, 0.5) is 0 Å². The Morgan fingerprint density at radius 2 is 1.94 bits per heavy atom. The van der Waals surface area contributed by atoms with E-state index < -0.39 is 0 Å². The maximum absolute atomic E-state index is 5.70. The molecule has 0 heterocycles. The molecule has 0 aromatic heterocycles. The van der Waals surface area contributed by atoms with Crippen LogP contribution in [0, 0.1) is 0 Å². The molecule has 1 rings (SSSR count). The molecule has 3 heteroatoms. The van der Waals surface area contributed by atoms with E-state index in [1.54, 1.807) is 7.11 Å². The second kappa shape index (κ2) is 7.53. The van der Waals surface area contributed by atoms with Gasteiger partial charge in [-0.25, -0.2) is 0 Å². The maximum Gasteiger partial charge on any atom is 0.118 e. The van der Waals surface area contributed by atoms with Gasteiger partial charge in [0.2, 0.25) is 0 Å². The fourth-order valence-corrected chi connectivity index (χ4v) is 1.74. The van der Waals surface area contributed by atoms with E-state index in [-0.39, 0.29) is 0 Å². The fourth-order valence-electron chi connectivity index (χ4n) is 1.62. The van der Waals surface area contributed by atoms with Crippen molar-refractivity contribution in [2.24, 2.45) is 0 Å². The van der Waals surface area contributed by atoms with Gasteiger partial charge in [-0.15, -0.1) is 11.6 Å². The van der Waals surface area contributed by atoms with E-state index in [0.29, 0.717) is 0 Å². The summed E-state index contributed by atoms with van der Waals surface area (Å²) in [5.74, 6) is 1.65. The fraction of sp³-hybridized carbons (Fsp3) is 0.538. The van der Waals surface area contributed by atoms with E-state index in [1.807, 2.05) is 12.1 Å². The molecule has 0 unspecified atom stereocenters. The first-order valence-electron chi connectivity index (χ1n) is 5.71. The number of benzene rings is 1. The van der Waals surface area contributed by atoms with Gasteiger partial charge in [-0.05, 0) is 37.2 Å². The Bertz CT molecular complexity index is 286. The Morgan fingerprint density at radius 3 is 2.44 bits per heavy atom. The Kier molecular flexibility index (Phi) is 6.27. The summed E-state index contributed by atoms with van der Waals surface area (Å²) in [5.41, 5.74) is 1.32. The zero-order valence-electron chi connectivity index (χ0n) is 10.1. The highest BCUT2D eigenvalue weighted by atomic mass is 35.5. The van der Waals surface area contributed by atoms with Crippen molar-refractivity contribution in [1.29, 1.82) is 0 Å². The molecule has 16 heavy (non-hydrogen) atoms. The van der Waals surface area contributed by atoms with Gasteiger partial charge in [-0.2, -0.15) is 0 Å². The second-order valence-corrected chi connectivity index (χ2v) is 4.14. The van der Waals surface area contributed by atoms with Crippen molar-refractivity contribution in [3.63, 3.8) is 0 Å². The molecule has 0 bridgehead atoms. The molecular formula is C13H20ClNO. The van der Waals surface area contributed by atoms with Gasteiger partial charge in [-0.1, -0.05) is 19.1 Å². The van der Waals surface area contributed by atoms with E-state index in [4.69, 9.17) is 16.3 Å². The van der Waals surface area contributed by atoms with Crippen molar-refractivity contribution >= 4 is 11.6 Å². The molecule has 90 valence electrons. The molecule has 2 nitrogen and oxygen atoms in total. The molecule has 0 aliphatic heterocycles. The molecule has 0 fully saturated rings. The van der Waals surface area contributed by atoms with E-state index in [9.17, 15) is 0 Å². The first-order valence-corrected chi connectivity index (χ1v) is 6.24. The topological polar surface area (TPSA) is 12.5 Å². The largest absolute Gasteiger partial charge is 0.497 e. The van der Waals surface area contributed by atoms with E-state index in [0.717, 1.165) is 37.7 Å². The first kappa shape index (κ1) is 13.3. The van der Waals surface area contributed by atoms with Gasteiger partial charge in [0.15, 0.2) is 0 Å². The molecule has 0 aliphatic carbocycles. The van der Waals surface area contributed by atoms with Crippen molar-refractivity contribution in [2.75, 3.05) is 26.1 Å². The van der Waals surface area contributed by atoms with Gasteiger partial charge in [0.05, 0.1) is 7.11 Å². The smallest absolute Gasteiger partial charge is 0.118 e. The van der Waals surface area contributed by atoms with Gasteiger partial charge < -0.3 is 4.74 Å². The van der Waals surface area contributed by atoms with Crippen LogP contribution >= 0.6 is 11.6 Å². The van der Waals surface area contributed by atoms with E-state index >= 15 is 0 Å². The van der Waals surface area contributed by atoms with Gasteiger partial charge in [0, 0.05) is 12.4 Å². The lowest BCUT2D eigenvalue weighted by molar-refractivity contribution is 0.281. The van der Waals surface area contributed by atoms with Crippen molar-refractivity contribution in [1.82, 2.24) is 4.90 Å². The number of rotatable bonds is 7. The van der Waals surface area contributed by atoms with Crippen LogP contribution in [0.25, 0.3) is 0 Å². The van der Waals surface area contributed by atoms with Crippen molar-refractivity contribution in [2.45, 2.75) is 19.9 Å². The third-order valence-corrected chi connectivity index (χ3v) is 2.89. The van der Waals surface area contributed by atoms with Gasteiger partial charge in [0.25, 0.3) is 0 Å². The summed E-state index contributed by atoms with van der Waals surface area (Å²) >= 11 is 5.70. The summed E-state index contributed by atoms with van der Waals surface area (Å²) in [5, 5.41) is 0. The molecule has 0 aliphatic rings. The number of ether oxygens (including phenoxy) is 1. The lowest BCUT2D eigenvalue weighted by Gasteiger charge is -2.19. The van der Waals surface area contributed by atoms with Crippen LogP contribution < -0.4 is 4.74 Å². The number of alkyl halides is 1. The normalized spacial score (nSPS) is 10.8. The standard InChI is InChI=1S/C13H20ClNO/c1-3-15(10-4-9-14)11-12-5-7-13(16-2)8-6-12/h5-8H,3-4,9-11H2,1-2H3. The average Bonchev–Trinajstić information content (AvgIpc) is 2.35. The molecular weight excluding hydrogens is 222 g/mol. The molecule has 0 amide bonds. The molecule has 0 radical (unpaired) electrons. The van der Waals surface area contributed by atoms with Crippen LogP contribution in [-0.4, -0.2) is 31.0 Å². The van der Waals surface area contributed by atoms with Crippen molar-refractivity contribution in [3.05, 3.63) is 29.8 Å². The third-order valence-electron chi connectivity index (χ3n) is 2.62. The molecule has 0 spiro atoms. The Morgan fingerprint density at radius 1 is 1.25 bits per heavy atom. The molecule has 0 atom stereocenters. The minimum atomic E-state index is 0.735. The SMILES string of the molecule is CCN(CCCCl)Cc1ccc(OC)cc1. The number of hydrogen-bond donors (Lipinski definition) is 0.